The summed E-state index contributed by atoms with van der Waals surface area (Å²) in [6.45, 7) is 1.77. The van der Waals surface area contributed by atoms with Crippen LogP contribution in [0.5, 0.6) is 0 Å². The fourth-order valence-corrected chi connectivity index (χ4v) is 1.68. The third kappa shape index (κ3) is 2.54. The topological polar surface area (TPSA) is 17.1 Å². The smallest absolute Gasteiger partial charge is 0.248 e. The number of hydrogen-bond acceptors (Lipinski definition) is 1. The van der Waals surface area contributed by atoms with Gasteiger partial charge in [0.1, 0.15) is 5.78 Å². The number of Topliss-reactive ketones (excluding diaryl/α,β-unsaturated/α-hetero) is 1. The van der Waals surface area contributed by atoms with Crippen LogP contribution in [0.3, 0.4) is 0 Å². The third-order valence-electron chi connectivity index (χ3n) is 2.42. The molecule has 0 bridgehead atoms. The van der Waals surface area contributed by atoms with E-state index in [2.05, 4.69) is 0 Å². The number of carbonyl (C=O) groups is 1. The van der Waals surface area contributed by atoms with Crippen molar-refractivity contribution >= 4 is 5.78 Å². The van der Waals surface area contributed by atoms with Gasteiger partial charge in [-0.2, -0.15) is 0 Å². The van der Waals surface area contributed by atoms with Gasteiger partial charge in [-0.1, -0.05) is 6.92 Å². The Balaban J connectivity index is 2.33. The molecule has 0 aromatic carbocycles. The van der Waals surface area contributed by atoms with E-state index in [1.807, 2.05) is 0 Å². The Morgan fingerprint density at radius 2 is 2.25 bits per heavy atom. The maximum atomic E-state index is 12.6. The second-order valence-electron chi connectivity index (χ2n) is 3.56. The van der Waals surface area contributed by atoms with Crippen LogP contribution in [-0.4, -0.2) is 11.7 Å². The van der Waals surface area contributed by atoms with Gasteiger partial charge in [-0.25, -0.2) is 8.78 Å². The van der Waals surface area contributed by atoms with Gasteiger partial charge in [0.15, 0.2) is 0 Å². The highest BCUT2D eigenvalue weighted by Gasteiger charge is 2.39. The van der Waals surface area contributed by atoms with E-state index in [1.54, 1.807) is 6.92 Å². The molecule has 1 atom stereocenters. The molecule has 70 valence electrons. The van der Waals surface area contributed by atoms with Gasteiger partial charge < -0.3 is 0 Å². The Bertz CT molecular complexity index is 177. The van der Waals surface area contributed by atoms with Gasteiger partial charge in [0.2, 0.25) is 5.92 Å². The van der Waals surface area contributed by atoms with Crippen molar-refractivity contribution in [1.82, 2.24) is 0 Å². The maximum Gasteiger partial charge on any atom is 0.248 e. The Morgan fingerprint density at radius 3 is 2.67 bits per heavy atom. The molecule has 0 aromatic heterocycles. The molecule has 0 aliphatic heterocycles. The number of rotatable bonds is 3. The number of hydrogen-bond donors (Lipinski definition) is 0. The van der Waals surface area contributed by atoms with Gasteiger partial charge in [0, 0.05) is 25.7 Å². The molecule has 0 N–H and O–H groups in total. The summed E-state index contributed by atoms with van der Waals surface area (Å²) in [4.78, 5) is 10.9. The first-order valence-corrected chi connectivity index (χ1v) is 4.43. The second kappa shape index (κ2) is 3.50. The van der Waals surface area contributed by atoms with Crippen LogP contribution in [0, 0.1) is 5.92 Å². The van der Waals surface area contributed by atoms with E-state index < -0.39 is 5.92 Å². The molecule has 1 aliphatic rings. The number of alkyl halides is 2. The van der Waals surface area contributed by atoms with Crippen molar-refractivity contribution in [2.45, 2.75) is 45.0 Å². The molecule has 0 saturated heterocycles. The Labute approximate surface area is 71.1 Å². The molecule has 1 aliphatic carbocycles. The number of carbonyl (C=O) groups excluding carboxylic acids is 1. The molecule has 1 saturated carbocycles. The van der Waals surface area contributed by atoms with Crippen LogP contribution >= 0.6 is 0 Å². The van der Waals surface area contributed by atoms with Crippen LogP contribution in [0.2, 0.25) is 0 Å². The summed E-state index contributed by atoms with van der Waals surface area (Å²) < 4.78 is 25.3. The average Bonchev–Trinajstić information content (AvgIpc) is 2.30. The largest absolute Gasteiger partial charge is 0.300 e. The molecule has 0 radical (unpaired) electrons. The first kappa shape index (κ1) is 9.62. The van der Waals surface area contributed by atoms with Crippen LogP contribution in [0.25, 0.3) is 0 Å². The summed E-state index contributed by atoms with van der Waals surface area (Å²) in [5.74, 6) is -2.45. The minimum absolute atomic E-state index is 0.0331. The van der Waals surface area contributed by atoms with Crippen molar-refractivity contribution in [3.05, 3.63) is 0 Å². The molecule has 12 heavy (non-hydrogen) atoms. The molecule has 1 unspecified atom stereocenters. The summed E-state index contributed by atoms with van der Waals surface area (Å²) >= 11 is 0. The maximum absolute atomic E-state index is 12.6. The quantitative estimate of drug-likeness (QED) is 0.646. The summed E-state index contributed by atoms with van der Waals surface area (Å²) in [6.07, 6.45) is 1.22. The summed E-state index contributed by atoms with van der Waals surface area (Å²) in [5, 5.41) is 0. The van der Waals surface area contributed by atoms with Crippen molar-refractivity contribution in [1.29, 1.82) is 0 Å². The van der Waals surface area contributed by atoms with Crippen molar-refractivity contribution in [3.8, 4) is 0 Å². The van der Waals surface area contributed by atoms with Crippen LogP contribution < -0.4 is 0 Å². The van der Waals surface area contributed by atoms with E-state index >= 15 is 0 Å². The van der Waals surface area contributed by atoms with E-state index in [4.69, 9.17) is 0 Å². The Morgan fingerprint density at radius 1 is 1.58 bits per heavy atom. The third-order valence-corrected chi connectivity index (χ3v) is 2.42. The lowest BCUT2D eigenvalue weighted by Gasteiger charge is -2.08. The van der Waals surface area contributed by atoms with E-state index in [-0.39, 0.29) is 24.5 Å². The highest BCUT2D eigenvalue weighted by atomic mass is 19.3. The normalized spacial score (nSPS) is 27.4. The number of halogens is 2. The molecule has 0 amide bonds. The van der Waals surface area contributed by atoms with Crippen molar-refractivity contribution in [2.75, 3.05) is 0 Å². The first-order chi connectivity index (χ1) is 5.53. The molecule has 3 heteroatoms. The molecule has 0 aromatic rings. The van der Waals surface area contributed by atoms with Gasteiger partial charge >= 0.3 is 0 Å². The predicted octanol–water partition coefficient (Wildman–Crippen LogP) is 2.79. The van der Waals surface area contributed by atoms with Gasteiger partial charge in [-0.15, -0.1) is 0 Å². The Kier molecular flexibility index (Phi) is 2.80. The van der Waals surface area contributed by atoms with E-state index in [0.29, 0.717) is 19.3 Å². The average molecular weight is 176 g/mol. The summed E-state index contributed by atoms with van der Waals surface area (Å²) in [7, 11) is 0. The molecule has 1 fully saturated rings. The lowest BCUT2D eigenvalue weighted by Crippen LogP contribution is -2.11. The van der Waals surface area contributed by atoms with Gasteiger partial charge in [-0.05, 0) is 12.3 Å². The van der Waals surface area contributed by atoms with Gasteiger partial charge in [0.05, 0.1) is 0 Å². The molecule has 0 heterocycles. The second-order valence-corrected chi connectivity index (χ2v) is 3.56. The van der Waals surface area contributed by atoms with Gasteiger partial charge in [0.25, 0.3) is 0 Å². The van der Waals surface area contributed by atoms with Crippen LogP contribution in [0.15, 0.2) is 0 Å². The SMILES string of the molecule is CCC(=O)CC1CCC(F)(F)C1. The molecule has 1 rings (SSSR count). The van der Waals surface area contributed by atoms with Crippen LogP contribution in [-0.2, 0) is 4.79 Å². The standard InChI is InChI=1S/C9H14F2O/c1-2-8(12)5-7-3-4-9(10,11)6-7/h7H,2-6H2,1H3. The van der Waals surface area contributed by atoms with E-state index in [0.717, 1.165) is 0 Å². The number of ketones is 1. The molecule has 0 spiro atoms. The zero-order chi connectivity index (χ0) is 9.19. The highest BCUT2D eigenvalue weighted by molar-refractivity contribution is 5.78. The van der Waals surface area contributed by atoms with Crippen molar-refractivity contribution in [2.24, 2.45) is 5.92 Å². The van der Waals surface area contributed by atoms with Crippen molar-refractivity contribution < 1.29 is 13.6 Å². The van der Waals surface area contributed by atoms with E-state index in [9.17, 15) is 13.6 Å². The summed E-state index contributed by atoms with van der Waals surface area (Å²) in [5.41, 5.74) is 0. The first-order valence-electron chi connectivity index (χ1n) is 4.43. The molecular formula is C9H14F2O. The lowest BCUT2D eigenvalue weighted by molar-refractivity contribution is -0.119. The predicted molar refractivity (Wildman–Crippen MR) is 42.2 cm³/mol. The van der Waals surface area contributed by atoms with Crippen LogP contribution in [0.4, 0.5) is 8.78 Å². The summed E-state index contributed by atoms with van der Waals surface area (Å²) in [6, 6.07) is 0. The zero-order valence-electron chi connectivity index (χ0n) is 7.28. The fourth-order valence-electron chi connectivity index (χ4n) is 1.68. The van der Waals surface area contributed by atoms with Crippen molar-refractivity contribution in [3.63, 3.8) is 0 Å². The molecule has 1 nitrogen and oxygen atoms in total. The minimum Gasteiger partial charge on any atom is -0.300 e. The highest BCUT2D eigenvalue weighted by Crippen LogP contribution is 2.40. The monoisotopic (exact) mass is 176 g/mol. The molecular weight excluding hydrogens is 162 g/mol. The van der Waals surface area contributed by atoms with Crippen LogP contribution in [0.1, 0.15) is 39.0 Å². The Hall–Kier alpha value is -0.470. The van der Waals surface area contributed by atoms with E-state index in [1.165, 1.54) is 0 Å². The van der Waals surface area contributed by atoms with Gasteiger partial charge in [-0.3, -0.25) is 4.79 Å². The lowest BCUT2D eigenvalue weighted by atomic mass is 10.00. The zero-order valence-corrected chi connectivity index (χ0v) is 7.28. The minimum atomic E-state index is -2.50. The fraction of sp³-hybridized carbons (Fsp3) is 0.889.